The quantitative estimate of drug-likeness (QED) is 0.610. The highest BCUT2D eigenvalue weighted by atomic mass is 16.5. The number of hydrogen-bond donors (Lipinski definition) is 1. The molecule has 168 valence electrons. The van der Waals surface area contributed by atoms with Gasteiger partial charge in [-0.2, -0.15) is 4.98 Å². The van der Waals surface area contributed by atoms with Crippen molar-refractivity contribution in [1.82, 2.24) is 14.9 Å². The van der Waals surface area contributed by atoms with Gasteiger partial charge in [-0.3, -0.25) is 4.90 Å². The van der Waals surface area contributed by atoms with Crippen LogP contribution in [-0.4, -0.2) is 54.2 Å². The molecule has 1 saturated carbocycles. The predicted octanol–water partition coefficient (Wildman–Crippen LogP) is 4.71. The maximum atomic E-state index is 5.27. The Hall–Kier alpha value is -2.86. The average molecular weight is 432 g/mol. The Morgan fingerprint density at radius 1 is 0.906 bits per heavy atom. The standard InChI is InChI=1S/C26H33N5O/c1-32-22-13-11-20(12-14-22)19-27-25-23-9-5-6-10-24(23)28-26(29-25)31-17-15-30(16-18-31)21-7-3-2-4-8-21/h5-6,9-14,21H,2-4,7-8,15-19H2,1H3,(H,27,28,29). The summed E-state index contributed by atoms with van der Waals surface area (Å²) in [5.41, 5.74) is 2.18. The monoisotopic (exact) mass is 431 g/mol. The Labute approximate surface area is 190 Å². The van der Waals surface area contributed by atoms with Crippen molar-refractivity contribution in [1.29, 1.82) is 0 Å². The highest BCUT2D eigenvalue weighted by Gasteiger charge is 2.26. The number of piperazine rings is 1. The van der Waals surface area contributed by atoms with E-state index < -0.39 is 0 Å². The third-order valence-electron chi connectivity index (χ3n) is 6.90. The lowest BCUT2D eigenvalue weighted by Gasteiger charge is -2.40. The van der Waals surface area contributed by atoms with Gasteiger partial charge in [0.25, 0.3) is 0 Å². The zero-order valence-corrected chi connectivity index (χ0v) is 19.0. The van der Waals surface area contributed by atoms with Crippen LogP contribution in [0.3, 0.4) is 0 Å². The second-order valence-electron chi connectivity index (χ2n) is 8.91. The first-order valence-electron chi connectivity index (χ1n) is 11.9. The van der Waals surface area contributed by atoms with Gasteiger partial charge in [-0.25, -0.2) is 4.98 Å². The summed E-state index contributed by atoms with van der Waals surface area (Å²) in [5.74, 6) is 2.61. The van der Waals surface area contributed by atoms with E-state index in [2.05, 4.69) is 39.4 Å². The van der Waals surface area contributed by atoms with Crippen molar-refractivity contribution in [2.75, 3.05) is 43.5 Å². The van der Waals surface area contributed by atoms with Crippen LogP contribution in [0, 0.1) is 0 Å². The minimum Gasteiger partial charge on any atom is -0.497 e. The number of para-hydroxylation sites is 1. The molecule has 6 heteroatoms. The Balaban J connectivity index is 1.31. The second kappa shape index (κ2) is 9.74. The van der Waals surface area contributed by atoms with Crippen LogP contribution < -0.4 is 15.0 Å². The molecule has 3 aromatic rings. The zero-order chi connectivity index (χ0) is 21.8. The highest BCUT2D eigenvalue weighted by molar-refractivity contribution is 5.90. The van der Waals surface area contributed by atoms with Crippen molar-refractivity contribution in [3.8, 4) is 5.75 Å². The lowest BCUT2D eigenvalue weighted by Crippen LogP contribution is -2.51. The summed E-state index contributed by atoms with van der Waals surface area (Å²) < 4.78 is 5.27. The number of benzene rings is 2. The molecule has 0 radical (unpaired) electrons. The zero-order valence-electron chi connectivity index (χ0n) is 19.0. The van der Waals surface area contributed by atoms with Gasteiger partial charge >= 0.3 is 0 Å². The fraction of sp³-hybridized carbons (Fsp3) is 0.462. The first kappa shape index (κ1) is 21.0. The predicted molar refractivity (Wildman–Crippen MR) is 131 cm³/mol. The van der Waals surface area contributed by atoms with E-state index in [-0.39, 0.29) is 0 Å². The molecule has 2 fully saturated rings. The van der Waals surface area contributed by atoms with Crippen LogP contribution in [0.1, 0.15) is 37.7 Å². The summed E-state index contributed by atoms with van der Waals surface area (Å²) >= 11 is 0. The summed E-state index contributed by atoms with van der Waals surface area (Å²) in [7, 11) is 1.69. The number of rotatable bonds is 6. The average Bonchev–Trinajstić information content (AvgIpc) is 2.88. The number of aromatic nitrogens is 2. The number of hydrogen-bond acceptors (Lipinski definition) is 6. The van der Waals surface area contributed by atoms with Gasteiger partial charge < -0.3 is 15.0 Å². The number of fused-ring (bicyclic) bond motifs is 1. The smallest absolute Gasteiger partial charge is 0.227 e. The van der Waals surface area contributed by atoms with Crippen LogP contribution >= 0.6 is 0 Å². The Kier molecular flexibility index (Phi) is 6.39. The second-order valence-corrected chi connectivity index (χ2v) is 8.91. The van der Waals surface area contributed by atoms with Crippen LogP contribution in [0.15, 0.2) is 48.5 Å². The fourth-order valence-electron chi connectivity index (χ4n) is 5.00. The molecular formula is C26H33N5O. The summed E-state index contributed by atoms with van der Waals surface area (Å²) in [6.45, 7) is 4.91. The van der Waals surface area contributed by atoms with Gasteiger partial charge in [0.1, 0.15) is 11.6 Å². The van der Waals surface area contributed by atoms with E-state index in [1.54, 1.807) is 7.11 Å². The maximum absolute atomic E-state index is 5.27. The molecule has 0 spiro atoms. The van der Waals surface area contributed by atoms with Gasteiger partial charge in [0.05, 0.1) is 12.6 Å². The molecule has 1 N–H and O–H groups in total. The van der Waals surface area contributed by atoms with E-state index >= 15 is 0 Å². The molecule has 6 nitrogen and oxygen atoms in total. The molecule has 1 saturated heterocycles. The van der Waals surface area contributed by atoms with Crippen LogP contribution in [0.25, 0.3) is 10.9 Å². The third-order valence-corrected chi connectivity index (χ3v) is 6.90. The van der Waals surface area contributed by atoms with Crippen molar-refractivity contribution in [2.24, 2.45) is 0 Å². The van der Waals surface area contributed by atoms with Crippen LogP contribution in [0.5, 0.6) is 5.75 Å². The largest absolute Gasteiger partial charge is 0.497 e. The molecular weight excluding hydrogens is 398 g/mol. The van der Waals surface area contributed by atoms with E-state index in [1.807, 2.05) is 24.3 Å². The first-order valence-corrected chi connectivity index (χ1v) is 11.9. The number of nitrogens with zero attached hydrogens (tertiary/aromatic N) is 4. The topological polar surface area (TPSA) is 53.5 Å². The van der Waals surface area contributed by atoms with Crippen molar-refractivity contribution in [3.63, 3.8) is 0 Å². The summed E-state index contributed by atoms with van der Waals surface area (Å²) in [6.07, 6.45) is 6.93. The Morgan fingerprint density at radius 2 is 1.66 bits per heavy atom. The van der Waals surface area contributed by atoms with Crippen LogP contribution in [0.2, 0.25) is 0 Å². The minimum atomic E-state index is 0.708. The van der Waals surface area contributed by atoms with E-state index in [0.29, 0.717) is 6.54 Å². The van der Waals surface area contributed by atoms with Crippen LogP contribution in [0.4, 0.5) is 11.8 Å². The van der Waals surface area contributed by atoms with E-state index in [1.165, 1.54) is 37.7 Å². The lowest BCUT2D eigenvalue weighted by molar-refractivity contribution is 0.147. The molecule has 32 heavy (non-hydrogen) atoms. The van der Waals surface area contributed by atoms with Crippen LogP contribution in [-0.2, 0) is 6.54 Å². The summed E-state index contributed by atoms with van der Waals surface area (Å²) in [4.78, 5) is 14.9. The number of ether oxygens (including phenoxy) is 1. The highest BCUT2D eigenvalue weighted by Crippen LogP contribution is 2.27. The van der Waals surface area contributed by atoms with Gasteiger partial charge in [-0.05, 0) is 42.7 Å². The number of anilines is 2. The van der Waals surface area contributed by atoms with Crippen molar-refractivity contribution in [2.45, 2.75) is 44.7 Å². The van der Waals surface area contributed by atoms with E-state index in [0.717, 1.165) is 60.6 Å². The SMILES string of the molecule is COc1ccc(CNc2nc(N3CCN(C4CCCCC4)CC3)nc3ccccc23)cc1. The van der Waals surface area contributed by atoms with Gasteiger partial charge in [0.15, 0.2) is 0 Å². The van der Waals surface area contributed by atoms with Gasteiger partial charge in [-0.1, -0.05) is 43.5 Å². The molecule has 5 rings (SSSR count). The molecule has 0 unspecified atom stereocenters. The van der Waals surface area contributed by atoms with Crippen molar-refractivity contribution < 1.29 is 4.74 Å². The first-order chi connectivity index (χ1) is 15.8. The molecule has 2 aliphatic rings. The molecule has 2 aromatic carbocycles. The molecule has 1 aliphatic carbocycles. The molecule has 1 aromatic heterocycles. The third kappa shape index (κ3) is 4.65. The van der Waals surface area contributed by atoms with Crippen molar-refractivity contribution >= 4 is 22.7 Å². The fourth-order valence-corrected chi connectivity index (χ4v) is 5.00. The molecule has 0 atom stereocenters. The Morgan fingerprint density at radius 3 is 2.41 bits per heavy atom. The lowest BCUT2D eigenvalue weighted by atomic mass is 9.94. The van der Waals surface area contributed by atoms with E-state index in [4.69, 9.17) is 14.7 Å². The molecule has 0 bridgehead atoms. The van der Waals surface area contributed by atoms with Gasteiger partial charge in [0, 0.05) is 44.2 Å². The molecule has 0 amide bonds. The molecule has 1 aliphatic heterocycles. The maximum Gasteiger partial charge on any atom is 0.227 e. The minimum absolute atomic E-state index is 0.708. The summed E-state index contributed by atoms with van der Waals surface area (Å²) in [6, 6.07) is 17.2. The van der Waals surface area contributed by atoms with E-state index in [9.17, 15) is 0 Å². The number of nitrogens with one attached hydrogen (secondary N) is 1. The number of methoxy groups -OCH3 is 1. The summed E-state index contributed by atoms with van der Waals surface area (Å²) in [5, 5.41) is 4.61. The van der Waals surface area contributed by atoms with Crippen molar-refractivity contribution in [3.05, 3.63) is 54.1 Å². The van der Waals surface area contributed by atoms with Gasteiger partial charge in [0.2, 0.25) is 5.95 Å². The normalized spacial score (nSPS) is 18.1. The molecule has 2 heterocycles. The van der Waals surface area contributed by atoms with Gasteiger partial charge in [-0.15, -0.1) is 0 Å². The Bertz CT molecular complexity index is 1020.